The largest absolute Gasteiger partial charge is 0.482 e. The molecule has 0 amide bonds. The Balaban J connectivity index is 1.36. The molecule has 0 radical (unpaired) electrons. The van der Waals surface area contributed by atoms with Crippen molar-refractivity contribution in [3.8, 4) is 11.5 Å². The van der Waals surface area contributed by atoms with Gasteiger partial charge in [-0.25, -0.2) is 4.79 Å². The van der Waals surface area contributed by atoms with Crippen LogP contribution in [-0.2, 0) is 26.1 Å². The second kappa shape index (κ2) is 8.80. The summed E-state index contributed by atoms with van der Waals surface area (Å²) >= 11 is 0. The number of hydrogen-bond acceptors (Lipinski definition) is 10. The molecule has 7 aliphatic rings. The van der Waals surface area contributed by atoms with Gasteiger partial charge in [0.15, 0.2) is 17.6 Å². The van der Waals surface area contributed by atoms with E-state index in [4.69, 9.17) is 18.9 Å². The zero-order valence-electron chi connectivity index (χ0n) is 24.8. The molecule has 11 nitrogen and oxygen atoms in total. The molecule has 5 fully saturated rings. The third-order valence-electron chi connectivity index (χ3n) is 12.4. The van der Waals surface area contributed by atoms with Crippen molar-refractivity contribution in [3.63, 3.8) is 0 Å². The smallest absolute Gasteiger partial charge is 0.335 e. The van der Waals surface area contributed by atoms with Gasteiger partial charge in [-0.05, 0) is 62.6 Å². The van der Waals surface area contributed by atoms with Crippen molar-refractivity contribution < 1.29 is 49.3 Å². The minimum Gasteiger partial charge on any atom is -0.482 e. The van der Waals surface area contributed by atoms with Gasteiger partial charge in [0.2, 0.25) is 6.29 Å². The molecule has 4 aliphatic carbocycles. The summed E-state index contributed by atoms with van der Waals surface area (Å²) in [5, 5.41) is 56.8. The zero-order valence-corrected chi connectivity index (χ0v) is 24.8. The summed E-state index contributed by atoms with van der Waals surface area (Å²) in [5.41, 5.74) is -0.637. The Morgan fingerprint density at radius 1 is 1.07 bits per heavy atom. The molecule has 3 saturated carbocycles. The molecular formula is C31H43NO10. The van der Waals surface area contributed by atoms with Crippen molar-refractivity contribution in [2.24, 2.45) is 16.7 Å². The molecule has 3 aliphatic heterocycles. The number of methoxy groups -OCH3 is 1. The van der Waals surface area contributed by atoms with Crippen LogP contribution in [0.15, 0.2) is 12.1 Å². The summed E-state index contributed by atoms with van der Waals surface area (Å²) in [6.07, 6.45) is -4.97. The molecule has 2 spiro atoms. The fraction of sp³-hybridized carbons (Fsp3) is 0.774. The summed E-state index contributed by atoms with van der Waals surface area (Å²) in [7, 11) is 1.72. The number of benzene rings is 1. The monoisotopic (exact) mass is 589 g/mol. The van der Waals surface area contributed by atoms with Gasteiger partial charge >= 0.3 is 5.97 Å². The number of aliphatic carboxylic acids is 1. The van der Waals surface area contributed by atoms with Gasteiger partial charge < -0.3 is 49.8 Å². The highest BCUT2D eigenvalue weighted by molar-refractivity contribution is 5.73. The van der Waals surface area contributed by atoms with E-state index in [1.165, 1.54) is 0 Å². The summed E-state index contributed by atoms with van der Waals surface area (Å²) in [6.45, 7) is 8.92. The van der Waals surface area contributed by atoms with Crippen LogP contribution in [0.25, 0.3) is 0 Å². The maximum Gasteiger partial charge on any atom is 0.335 e. The maximum absolute atomic E-state index is 12.2. The molecular weight excluding hydrogens is 546 g/mol. The van der Waals surface area contributed by atoms with Crippen molar-refractivity contribution in [2.75, 3.05) is 13.7 Å². The van der Waals surface area contributed by atoms with Crippen molar-refractivity contribution in [3.05, 3.63) is 23.3 Å². The lowest BCUT2D eigenvalue weighted by Gasteiger charge is -2.74. The van der Waals surface area contributed by atoms with Crippen LogP contribution >= 0.6 is 0 Å². The summed E-state index contributed by atoms with van der Waals surface area (Å²) in [5.74, 6) is -0.895. The molecule has 232 valence electrons. The van der Waals surface area contributed by atoms with Crippen LogP contribution in [0.2, 0.25) is 0 Å². The molecule has 11 heteroatoms. The van der Waals surface area contributed by atoms with E-state index in [1.807, 2.05) is 13.0 Å². The maximum atomic E-state index is 12.2. The third kappa shape index (κ3) is 3.23. The van der Waals surface area contributed by atoms with E-state index in [1.54, 1.807) is 13.2 Å². The number of carboxylic acid groups (broad SMARTS) is 1. The van der Waals surface area contributed by atoms with E-state index >= 15 is 0 Å². The summed E-state index contributed by atoms with van der Waals surface area (Å²) in [6, 6.07) is 3.94. The predicted octanol–water partition coefficient (Wildman–Crippen LogP) is 0.857. The molecule has 6 N–H and O–H groups in total. The van der Waals surface area contributed by atoms with E-state index in [0.717, 1.165) is 49.8 Å². The molecule has 1 aromatic rings. The average molecular weight is 590 g/mol. The Kier molecular flexibility index (Phi) is 6.03. The first-order valence-electron chi connectivity index (χ1n) is 15.1. The van der Waals surface area contributed by atoms with Crippen molar-refractivity contribution in [1.29, 1.82) is 0 Å². The van der Waals surface area contributed by atoms with Crippen molar-refractivity contribution in [1.82, 2.24) is 5.32 Å². The van der Waals surface area contributed by atoms with E-state index in [9.17, 15) is 30.3 Å². The molecule has 0 aromatic heterocycles. The van der Waals surface area contributed by atoms with Gasteiger partial charge in [0.25, 0.3) is 0 Å². The molecule has 8 rings (SSSR count). The van der Waals surface area contributed by atoms with Crippen LogP contribution in [0.4, 0.5) is 0 Å². The van der Waals surface area contributed by atoms with E-state index < -0.39 is 64.8 Å². The number of aliphatic hydroxyl groups excluding tert-OH is 3. The van der Waals surface area contributed by atoms with Gasteiger partial charge in [-0.2, -0.15) is 0 Å². The van der Waals surface area contributed by atoms with Gasteiger partial charge in [-0.15, -0.1) is 0 Å². The number of carbonyl (C=O) groups is 1. The van der Waals surface area contributed by atoms with Crippen LogP contribution in [-0.4, -0.2) is 99.2 Å². The minimum absolute atomic E-state index is 0.192. The standard InChI is InChI=1S/C31H43NO10/c1-27(2,3)28(4,38)16-13-29-8-9-31(16,39-5)26-30(29)10-11-32-17(29)12-14-6-7-15(22(42-26)18(14)30)40-25-21(35)19(33)20(34)23(41-25)24(36)37/h6-7,16-17,19-21,23,25-26,32-35,38H,8-13H2,1-5H3,(H,36,37)/t16-,17-,19+,20+,21+,23?,25-,26-,28?,29-,30+,31-/m1/s1. The van der Waals surface area contributed by atoms with Crippen LogP contribution < -0.4 is 14.8 Å². The average Bonchev–Trinajstić information content (AvgIpc) is 3.30. The quantitative estimate of drug-likeness (QED) is 0.288. The van der Waals surface area contributed by atoms with Gasteiger partial charge in [0.05, 0.1) is 5.60 Å². The number of carboxylic acids is 1. The van der Waals surface area contributed by atoms with Crippen LogP contribution in [0.5, 0.6) is 11.5 Å². The third-order valence-corrected chi connectivity index (χ3v) is 12.4. The topological polar surface area (TPSA) is 167 Å². The number of aliphatic hydroxyl groups is 4. The normalized spacial score (nSPS) is 46.4. The molecule has 2 unspecified atom stereocenters. The van der Waals surface area contributed by atoms with Crippen LogP contribution in [0.1, 0.15) is 64.5 Å². The molecule has 4 bridgehead atoms. The Morgan fingerprint density at radius 2 is 1.81 bits per heavy atom. The van der Waals surface area contributed by atoms with Gasteiger partial charge in [-0.1, -0.05) is 26.8 Å². The highest BCUT2D eigenvalue weighted by Crippen LogP contribution is 2.77. The highest BCUT2D eigenvalue weighted by Gasteiger charge is 2.81. The molecule has 12 atom stereocenters. The summed E-state index contributed by atoms with van der Waals surface area (Å²) < 4.78 is 25.1. The Morgan fingerprint density at radius 3 is 2.48 bits per heavy atom. The Hall–Kier alpha value is -1.99. The lowest BCUT2D eigenvalue weighted by molar-refractivity contribution is -0.303. The molecule has 3 heterocycles. The lowest BCUT2D eigenvalue weighted by Crippen LogP contribution is -2.83. The first-order valence-corrected chi connectivity index (χ1v) is 15.1. The fourth-order valence-electron chi connectivity index (χ4n) is 9.88. The second-order valence-corrected chi connectivity index (χ2v) is 14.7. The molecule has 1 aromatic carbocycles. The first kappa shape index (κ1) is 28.8. The number of nitrogens with one attached hydrogen (secondary N) is 1. The van der Waals surface area contributed by atoms with E-state index in [2.05, 4.69) is 26.1 Å². The summed E-state index contributed by atoms with van der Waals surface area (Å²) in [4.78, 5) is 11.7. The van der Waals surface area contributed by atoms with Gasteiger partial charge in [-0.3, -0.25) is 0 Å². The number of fused-ring (bicyclic) bond motifs is 2. The Labute approximate surface area is 245 Å². The number of hydrogen-bond donors (Lipinski definition) is 6. The number of ether oxygens (including phenoxy) is 4. The minimum atomic E-state index is -1.81. The van der Waals surface area contributed by atoms with Gasteiger partial charge in [0, 0.05) is 35.5 Å². The van der Waals surface area contributed by atoms with E-state index in [-0.39, 0.29) is 23.1 Å². The predicted molar refractivity (Wildman–Crippen MR) is 147 cm³/mol. The van der Waals surface area contributed by atoms with Crippen molar-refractivity contribution >= 4 is 5.97 Å². The van der Waals surface area contributed by atoms with Crippen molar-refractivity contribution in [2.45, 2.75) is 119 Å². The van der Waals surface area contributed by atoms with Gasteiger partial charge in [0.1, 0.15) is 30.0 Å². The Bertz CT molecular complexity index is 1310. The fourth-order valence-corrected chi connectivity index (χ4v) is 9.88. The molecule has 42 heavy (non-hydrogen) atoms. The number of piperidine rings is 1. The first-order chi connectivity index (χ1) is 19.7. The van der Waals surface area contributed by atoms with Crippen LogP contribution in [0.3, 0.4) is 0 Å². The zero-order chi connectivity index (χ0) is 30.2. The number of rotatable bonds is 5. The SMILES string of the molecule is CO[C@]12CC[C@@]3(C[C@@H]1C(C)(O)C(C)(C)C)[C@H]1Cc4ccc(O[C@@H]5OC(C(=O)O)[C@@H](O)[C@H](O)[C@@H]5O)c5c4[C@@]3(CCN1)[C@H]2O5. The highest BCUT2D eigenvalue weighted by atomic mass is 16.7. The lowest BCUT2D eigenvalue weighted by atomic mass is 9.33. The van der Waals surface area contributed by atoms with E-state index in [0.29, 0.717) is 5.75 Å². The second-order valence-electron chi connectivity index (χ2n) is 14.7. The van der Waals surface area contributed by atoms with Crippen LogP contribution in [0, 0.1) is 16.7 Å². The molecule has 2 saturated heterocycles.